The largest absolute Gasteiger partial charge is 0.401 e. The molecule has 0 aliphatic carbocycles. The van der Waals surface area contributed by atoms with Gasteiger partial charge in [-0.2, -0.15) is 13.2 Å². The summed E-state index contributed by atoms with van der Waals surface area (Å²) in [4.78, 5) is 7.64. The molecule has 5 nitrogen and oxygen atoms in total. The highest BCUT2D eigenvalue weighted by atomic mass is 19.4. The molecule has 0 aromatic heterocycles. The van der Waals surface area contributed by atoms with Gasteiger partial charge in [-0.15, -0.1) is 0 Å². The maximum atomic E-state index is 12.2. The SMILES string of the molecule is CCNC(=NCCCN(C)CC(F)(F)F)N1CC[C@@H](O)C1. The Kier molecular flexibility index (Phi) is 7.24. The molecule has 0 unspecified atom stereocenters. The number of hydrogen-bond acceptors (Lipinski definition) is 3. The lowest BCUT2D eigenvalue weighted by molar-refractivity contribution is -0.143. The second-order valence-electron chi connectivity index (χ2n) is 5.33. The Labute approximate surface area is 123 Å². The number of halogens is 3. The first-order valence-electron chi connectivity index (χ1n) is 7.28. The summed E-state index contributed by atoms with van der Waals surface area (Å²) in [6.07, 6.45) is -3.19. The number of aliphatic hydroxyl groups is 1. The minimum atomic E-state index is -4.15. The highest BCUT2D eigenvalue weighted by molar-refractivity contribution is 5.80. The van der Waals surface area contributed by atoms with Crippen LogP contribution in [-0.2, 0) is 0 Å². The average molecular weight is 310 g/mol. The summed E-state index contributed by atoms with van der Waals surface area (Å²) in [5.41, 5.74) is 0. The molecule has 1 rings (SSSR count). The third kappa shape index (κ3) is 7.52. The molecule has 0 saturated carbocycles. The third-order valence-electron chi connectivity index (χ3n) is 3.21. The molecule has 1 aliphatic heterocycles. The van der Waals surface area contributed by atoms with Gasteiger partial charge in [-0.05, 0) is 33.4 Å². The minimum Gasteiger partial charge on any atom is -0.391 e. The van der Waals surface area contributed by atoms with E-state index >= 15 is 0 Å². The number of rotatable bonds is 6. The molecular weight excluding hydrogens is 285 g/mol. The quantitative estimate of drug-likeness (QED) is 0.435. The van der Waals surface area contributed by atoms with E-state index in [0.717, 1.165) is 25.5 Å². The lowest BCUT2D eigenvalue weighted by atomic mass is 10.3. The third-order valence-corrected chi connectivity index (χ3v) is 3.21. The number of guanidine groups is 1. The van der Waals surface area contributed by atoms with E-state index in [2.05, 4.69) is 10.3 Å². The predicted molar refractivity (Wildman–Crippen MR) is 76.3 cm³/mol. The van der Waals surface area contributed by atoms with Gasteiger partial charge in [0.1, 0.15) is 0 Å². The first-order valence-corrected chi connectivity index (χ1v) is 7.28. The van der Waals surface area contributed by atoms with Crippen molar-refractivity contribution in [2.45, 2.75) is 32.0 Å². The van der Waals surface area contributed by atoms with Gasteiger partial charge in [0.15, 0.2) is 5.96 Å². The summed E-state index contributed by atoms with van der Waals surface area (Å²) in [5.74, 6) is 0.729. The fraction of sp³-hybridized carbons (Fsp3) is 0.923. The van der Waals surface area contributed by atoms with Crippen LogP contribution in [0, 0.1) is 0 Å². The predicted octanol–water partition coefficient (Wildman–Crippen LogP) is 0.903. The van der Waals surface area contributed by atoms with E-state index in [1.54, 1.807) is 0 Å². The number of β-amino-alcohol motifs (C(OH)–C–C–N with tert-alkyl or cyclic N) is 1. The number of hydrogen-bond donors (Lipinski definition) is 2. The molecule has 124 valence electrons. The first kappa shape index (κ1) is 18.0. The lowest BCUT2D eigenvalue weighted by Crippen LogP contribution is -2.40. The van der Waals surface area contributed by atoms with Crippen molar-refractivity contribution in [2.75, 3.05) is 46.3 Å². The molecular formula is C13H25F3N4O. The van der Waals surface area contributed by atoms with Gasteiger partial charge in [-0.3, -0.25) is 9.89 Å². The number of aliphatic imine (C=N–C) groups is 1. The van der Waals surface area contributed by atoms with E-state index in [9.17, 15) is 18.3 Å². The van der Waals surface area contributed by atoms with Crippen LogP contribution >= 0.6 is 0 Å². The fourth-order valence-electron chi connectivity index (χ4n) is 2.27. The first-order chi connectivity index (χ1) is 9.81. The van der Waals surface area contributed by atoms with Crippen LogP contribution in [0.15, 0.2) is 4.99 Å². The number of likely N-dealkylation sites (tertiary alicyclic amines) is 1. The van der Waals surface area contributed by atoms with E-state index in [0.29, 0.717) is 26.1 Å². The molecule has 1 fully saturated rings. The standard InChI is InChI=1S/C13H25F3N4O/c1-3-17-12(20-8-5-11(21)9-20)18-6-4-7-19(2)10-13(14,15)16/h11,21H,3-10H2,1-2H3,(H,17,18)/t11-/m1/s1. The molecule has 1 saturated heterocycles. The molecule has 0 bridgehead atoms. The molecule has 2 N–H and O–H groups in total. The summed E-state index contributed by atoms with van der Waals surface area (Å²) in [7, 11) is 1.46. The summed E-state index contributed by atoms with van der Waals surface area (Å²) >= 11 is 0. The van der Waals surface area contributed by atoms with E-state index < -0.39 is 12.7 Å². The zero-order valence-corrected chi connectivity index (χ0v) is 12.7. The molecule has 1 atom stereocenters. The van der Waals surface area contributed by atoms with Crippen molar-refractivity contribution in [1.82, 2.24) is 15.1 Å². The smallest absolute Gasteiger partial charge is 0.391 e. The molecule has 0 aromatic rings. The van der Waals surface area contributed by atoms with Crippen LogP contribution in [0.2, 0.25) is 0 Å². The maximum absolute atomic E-state index is 12.2. The van der Waals surface area contributed by atoms with E-state index in [-0.39, 0.29) is 6.10 Å². The molecule has 8 heteroatoms. The van der Waals surface area contributed by atoms with Gasteiger partial charge in [0.05, 0.1) is 12.6 Å². The summed E-state index contributed by atoms with van der Waals surface area (Å²) in [6, 6.07) is 0. The van der Waals surface area contributed by atoms with Crippen LogP contribution in [0.25, 0.3) is 0 Å². The van der Waals surface area contributed by atoms with Gasteiger partial charge in [-0.1, -0.05) is 0 Å². The highest BCUT2D eigenvalue weighted by Gasteiger charge is 2.28. The molecule has 0 aromatic carbocycles. The highest BCUT2D eigenvalue weighted by Crippen LogP contribution is 2.15. The molecule has 21 heavy (non-hydrogen) atoms. The zero-order chi connectivity index (χ0) is 15.9. The Morgan fingerprint density at radius 3 is 2.71 bits per heavy atom. The average Bonchev–Trinajstić information content (AvgIpc) is 2.77. The zero-order valence-electron chi connectivity index (χ0n) is 12.7. The van der Waals surface area contributed by atoms with Crippen molar-refractivity contribution in [3.05, 3.63) is 0 Å². The van der Waals surface area contributed by atoms with Crippen molar-refractivity contribution in [1.29, 1.82) is 0 Å². The van der Waals surface area contributed by atoms with Crippen molar-refractivity contribution < 1.29 is 18.3 Å². The number of nitrogens with zero attached hydrogens (tertiary/aromatic N) is 3. The Morgan fingerprint density at radius 1 is 1.48 bits per heavy atom. The van der Waals surface area contributed by atoms with Gasteiger partial charge in [0, 0.05) is 26.2 Å². The molecule has 0 radical (unpaired) electrons. The van der Waals surface area contributed by atoms with Gasteiger partial charge >= 0.3 is 6.18 Å². The Hall–Kier alpha value is -1.02. The number of alkyl halides is 3. The summed E-state index contributed by atoms with van der Waals surface area (Å²) < 4.78 is 36.5. The normalized spacial score (nSPS) is 20.4. The molecule has 1 aliphatic rings. The van der Waals surface area contributed by atoms with E-state index in [1.807, 2.05) is 11.8 Å². The molecule has 0 amide bonds. The Bertz CT molecular complexity index is 336. The number of nitrogens with one attached hydrogen (secondary N) is 1. The second-order valence-corrected chi connectivity index (χ2v) is 5.33. The van der Waals surface area contributed by atoms with Crippen molar-refractivity contribution >= 4 is 5.96 Å². The Balaban J connectivity index is 2.34. The van der Waals surface area contributed by atoms with Gasteiger partial charge in [-0.25, -0.2) is 0 Å². The van der Waals surface area contributed by atoms with Crippen LogP contribution in [0.1, 0.15) is 19.8 Å². The lowest BCUT2D eigenvalue weighted by Gasteiger charge is -2.21. The van der Waals surface area contributed by atoms with Crippen LogP contribution in [0.3, 0.4) is 0 Å². The van der Waals surface area contributed by atoms with Gasteiger partial charge in [0.25, 0.3) is 0 Å². The summed E-state index contributed by atoms with van der Waals surface area (Å²) in [5, 5.41) is 12.7. The van der Waals surface area contributed by atoms with E-state index in [4.69, 9.17) is 0 Å². The monoisotopic (exact) mass is 310 g/mol. The van der Waals surface area contributed by atoms with Crippen LogP contribution in [0.4, 0.5) is 13.2 Å². The van der Waals surface area contributed by atoms with E-state index in [1.165, 1.54) is 11.9 Å². The second kappa shape index (κ2) is 8.43. The van der Waals surface area contributed by atoms with Crippen LogP contribution < -0.4 is 5.32 Å². The maximum Gasteiger partial charge on any atom is 0.401 e. The summed E-state index contributed by atoms with van der Waals surface area (Å²) in [6.45, 7) is 3.91. The van der Waals surface area contributed by atoms with Gasteiger partial charge < -0.3 is 15.3 Å². The minimum absolute atomic E-state index is 0.327. The number of aliphatic hydroxyl groups excluding tert-OH is 1. The molecule has 1 heterocycles. The van der Waals surface area contributed by atoms with Crippen molar-refractivity contribution in [3.8, 4) is 0 Å². The van der Waals surface area contributed by atoms with Crippen molar-refractivity contribution in [2.24, 2.45) is 4.99 Å². The fourth-order valence-corrected chi connectivity index (χ4v) is 2.27. The topological polar surface area (TPSA) is 51.1 Å². The van der Waals surface area contributed by atoms with Crippen LogP contribution in [-0.4, -0.2) is 79.5 Å². The van der Waals surface area contributed by atoms with Crippen LogP contribution in [0.5, 0.6) is 0 Å². The Morgan fingerprint density at radius 2 is 2.19 bits per heavy atom. The van der Waals surface area contributed by atoms with Crippen molar-refractivity contribution in [3.63, 3.8) is 0 Å². The molecule has 0 spiro atoms. The van der Waals surface area contributed by atoms with Gasteiger partial charge in [0.2, 0.25) is 0 Å².